The molecule has 0 saturated heterocycles. The van der Waals surface area contributed by atoms with Crippen LogP contribution in [0.2, 0.25) is 0 Å². The van der Waals surface area contributed by atoms with Crippen LogP contribution in [0, 0.1) is 0 Å². The number of anilines is 2. The standard InChI is InChI=1S/C12H11F3N4OS/c13-12(14,15)7-20-9-3-1-8(2-4-9)5-17-19-11-18-10(16)6-21-11/h1-6H,7,16H2,(H,18,19). The fourth-order valence-corrected chi connectivity index (χ4v) is 1.86. The van der Waals surface area contributed by atoms with Crippen molar-refractivity contribution in [2.75, 3.05) is 17.8 Å². The summed E-state index contributed by atoms with van der Waals surface area (Å²) in [7, 11) is 0. The third-order valence-electron chi connectivity index (χ3n) is 2.18. The molecule has 0 spiro atoms. The van der Waals surface area contributed by atoms with Gasteiger partial charge < -0.3 is 10.5 Å². The zero-order valence-corrected chi connectivity index (χ0v) is 11.4. The van der Waals surface area contributed by atoms with Crippen LogP contribution in [0.3, 0.4) is 0 Å². The van der Waals surface area contributed by atoms with Crippen molar-refractivity contribution < 1.29 is 17.9 Å². The highest BCUT2D eigenvalue weighted by Gasteiger charge is 2.28. The monoisotopic (exact) mass is 316 g/mol. The summed E-state index contributed by atoms with van der Waals surface area (Å²) in [6.07, 6.45) is -2.84. The van der Waals surface area contributed by atoms with Gasteiger partial charge in [-0.1, -0.05) is 0 Å². The minimum Gasteiger partial charge on any atom is -0.484 e. The number of nitrogens with two attached hydrogens (primary N) is 1. The molecule has 0 atom stereocenters. The van der Waals surface area contributed by atoms with Gasteiger partial charge in [-0.05, 0) is 29.8 Å². The number of alkyl halides is 3. The Kier molecular flexibility index (Phi) is 4.63. The molecule has 5 nitrogen and oxygen atoms in total. The van der Waals surface area contributed by atoms with Crippen molar-refractivity contribution in [3.8, 4) is 5.75 Å². The van der Waals surface area contributed by atoms with Crippen molar-refractivity contribution in [2.45, 2.75) is 6.18 Å². The molecule has 0 aliphatic heterocycles. The quantitative estimate of drug-likeness (QED) is 0.657. The number of nitrogens with one attached hydrogen (secondary N) is 1. The van der Waals surface area contributed by atoms with Gasteiger partial charge in [0.25, 0.3) is 0 Å². The van der Waals surface area contributed by atoms with E-state index in [1.807, 2.05) is 0 Å². The minimum atomic E-state index is -4.35. The first kappa shape index (κ1) is 15.1. The van der Waals surface area contributed by atoms with Gasteiger partial charge in [0.15, 0.2) is 6.61 Å². The molecular formula is C12H11F3N4OS. The van der Waals surface area contributed by atoms with Crippen LogP contribution in [0.1, 0.15) is 5.56 Å². The molecule has 0 fully saturated rings. The zero-order valence-electron chi connectivity index (χ0n) is 10.6. The molecule has 0 aliphatic rings. The van der Waals surface area contributed by atoms with Crippen LogP contribution in [0.4, 0.5) is 24.1 Å². The second-order valence-corrected chi connectivity index (χ2v) is 4.78. The van der Waals surface area contributed by atoms with Gasteiger partial charge >= 0.3 is 6.18 Å². The maximum Gasteiger partial charge on any atom is 0.422 e. The lowest BCUT2D eigenvalue weighted by Gasteiger charge is -2.08. The molecule has 2 rings (SSSR count). The molecule has 0 bridgehead atoms. The van der Waals surface area contributed by atoms with E-state index in [1.54, 1.807) is 17.5 Å². The zero-order chi connectivity index (χ0) is 15.3. The molecule has 3 N–H and O–H groups in total. The van der Waals surface area contributed by atoms with Crippen LogP contribution in [0.25, 0.3) is 0 Å². The highest BCUT2D eigenvalue weighted by Crippen LogP contribution is 2.19. The third-order valence-corrected chi connectivity index (χ3v) is 2.94. The van der Waals surface area contributed by atoms with Crippen LogP contribution in [-0.2, 0) is 0 Å². The number of hydrazone groups is 1. The molecule has 0 saturated carbocycles. The SMILES string of the molecule is Nc1csc(NN=Cc2ccc(OCC(F)(F)F)cc2)n1. The van der Waals surface area contributed by atoms with Crippen molar-refractivity contribution in [3.05, 3.63) is 35.2 Å². The van der Waals surface area contributed by atoms with Gasteiger partial charge in [-0.3, -0.25) is 5.43 Å². The Hall–Kier alpha value is -2.29. The molecule has 0 aliphatic carbocycles. The molecule has 9 heteroatoms. The lowest BCUT2D eigenvalue weighted by molar-refractivity contribution is -0.153. The van der Waals surface area contributed by atoms with Crippen molar-refractivity contribution in [2.24, 2.45) is 5.10 Å². The first-order valence-electron chi connectivity index (χ1n) is 5.72. The van der Waals surface area contributed by atoms with Crippen LogP contribution in [0.15, 0.2) is 34.7 Å². The highest BCUT2D eigenvalue weighted by atomic mass is 32.1. The normalized spacial score (nSPS) is 11.8. The summed E-state index contributed by atoms with van der Waals surface area (Å²) in [6.45, 7) is -1.31. The van der Waals surface area contributed by atoms with Crippen LogP contribution in [-0.4, -0.2) is 24.0 Å². The van der Waals surface area contributed by atoms with E-state index in [-0.39, 0.29) is 5.75 Å². The summed E-state index contributed by atoms with van der Waals surface area (Å²) in [5, 5.41) is 6.16. The average molecular weight is 316 g/mol. The molecule has 1 aromatic carbocycles. The van der Waals surface area contributed by atoms with E-state index in [0.29, 0.717) is 16.5 Å². The van der Waals surface area contributed by atoms with E-state index < -0.39 is 12.8 Å². The van der Waals surface area contributed by atoms with E-state index in [9.17, 15) is 13.2 Å². The summed E-state index contributed by atoms with van der Waals surface area (Å²) < 4.78 is 40.5. The van der Waals surface area contributed by atoms with E-state index >= 15 is 0 Å². The largest absolute Gasteiger partial charge is 0.484 e. The van der Waals surface area contributed by atoms with Crippen LogP contribution in [0.5, 0.6) is 5.75 Å². The number of hydrogen-bond acceptors (Lipinski definition) is 6. The number of ether oxygens (including phenoxy) is 1. The molecular weight excluding hydrogens is 305 g/mol. The van der Waals surface area contributed by atoms with E-state index in [2.05, 4.69) is 20.2 Å². The maximum absolute atomic E-state index is 12.0. The summed E-state index contributed by atoms with van der Waals surface area (Å²) in [5.41, 5.74) is 8.84. The molecule has 0 amide bonds. The average Bonchev–Trinajstić information content (AvgIpc) is 2.83. The summed E-state index contributed by atoms with van der Waals surface area (Å²) in [6, 6.07) is 6.06. The number of halogens is 3. The first-order chi connectivity index (χ1) is 9.92. The third kappa shape index (κ3) is 5.30. The maximum atomic E-state index is 12.0. The number of hydrogen-bond donors (Lipinski definition) is 2. The molecule has 1 heterocycles. The van der Waals surface area contributed by atoms with Crippen molar-refractivity contribution in [1.82, 2.24) is 4.98 Å². The number of aromatic nitrogens is 1. The fourth-order valence-electron chi connectivity index (χ4n) is 1.31. The van der Waals surface area contributed by atoms with E-state index in [0.717, 1.165) is 0 Å². The Bertz CT molecular complexity index is 610. The number of nitrogens with zero attached hydrogens (tertiary/aromatic N) is 2. The number of rotatable bonds is 5. The second-order valence-electron chi connectivity index (χ2n) is 3.92. The number of nitrogen functional groups attached to an aromatic ring is 1. The Balaban J connectivity index is 1.87. The summed E-state index contributed by atoms with van der Waals surface area (Å²) in [4.78, 5) is 3.95. The van der Waals surface area contributed by atoms with Crippen molar-refractivity contribution in [3.63, 3.8) is 0 Å². The first-order valence-corrected chi connectivity index (χ1v) is 6.60. The smallest absolute Gasteiger partial charge is 0.422 e. The van der Waals surface area contributed by atoms with Crippen LogP contribution < -0.4 is 15.9 Å². The van der Waals surface area contributed by atoms with Gasteiger partial charge in [0.1, 0.15) is 11.6 Å². The molecule has 2 aromatic rings. The fraction of sp³-hybridized carbons (Fsp3) is 0.167. The van der Waals surface area contributed by atoms with Gasteiger partial charge in [-0.25, -0.2) is 4.98 Å². The highest BCUT2D eigenvalue weighted by molar-refractivity contribution is 7.14. The molecule has 112 valence electrons. The predicted octanol–water partition coefficient (Wildman–Crippen LogP) is 3.11. The molecule has 21 heavy (non-hydrogen) atoms. The topological polar surface area (TPSA) is 72.5 Å². The van der Waals surface area contributed by atoms with E-state index in [4.69, 9.17) is 5.73 Å². The summed E-state index contributed by atoms with van der Waals surface area (Å²) >= 11 is 1.31. The van der Waals surface area contributed by atoms with Gasteiger partial charge in [-0.2, -0.15) is 18.3 Å². The summed E-state index contributed by atoms with van der Waals surface area (Å²) in [5.74, 6) is 0.550. The number of benzene rings is 1. The predicted molar refractivity (Wildman–Crippen MR) is 75.7 cm³/mol. The van der Waals surface area contributed by atoms with Crippen molar-refractivity contribution in [1.29, 1.82) is 0 Å². The lowest BCUT2D eigenvalue weighted by Crippen LogP contribution is -2.19. The Morgan fingerprint density at radius 1 is 1.33 bits per heavy atom. The Morgan fingerprint density at radius 2 is 2.05 bits per heavy atom. The van der Waals surface area contributed by atoms with Gasteiger partial charge in [-0.15, -0.1) is 11.3 Å². The number of thiazole rings is 1. The van der Waals surface area contributed by atoms with Gasteiger partial charge in [0.2, 0.25) is 5.13 Å². The Morgan fingerprint density at radius 3 is 2.62 bits per heavy atom. The van der Waals surface area contributed by atoms with Crippen LogP contribution >= 0.6 is 11.3 Å². The lowest BCUT2D eigenvalue weighted by atomic mass is 10.2. The van der Waals surface area contributed by atoms with E-state index in [1.165, 1.54) is 29.7 Å². The molecule has 0 unspecified atom stereocenters. The van der Waals surface area contributed by atoms with Crippen molar-refractivity contribution >= 4 is 28.5 Å². The molecule has 1 aromatic heterocycles. The minimum absolute atomic E-state index is 0.144. The second kappa shape index (κ2) is 6.44. The van der Waals surface area contributed by atoms with Gasteiger partial charge in [0, 0.05) is 5.38 Å². The van der Waals surface area contributed by atoms with Gasteiger partial charge in [0.05, 0.1) is 6.21 Å². The molecule has 0 radical (unpaired) electrons. The Labute approximate surface area is 122 Å².